The number of carbonyl (C=O) groups excluding carboxylic acids is 2. The molecule has 1 unspecified atom stereocenters. The maximum atomic E-state index is 11.8. The molecular weight excluding hydrogens is 308 g/mol. The van der Waals surface area contributed by atoms with E-state index >= 15 is 0 Å². The van der Waals surface area contributed by atoms with Gasteiger partial charge >= 0.3 is 16.8 Å². The van der Waals surface area contributed by atoms with Crippen LogP contribution in [0.3, 0.4) is 0 Å². The van der Waals surface area contributed by atoms with Crippen molar-refractivity contribution in [2.75, 3.05) is 13.7 Å². The molecule has 1 atom stereocenters. The van der Waals surface area contributed by atoms with Crippen molar-refractivity contribution >= 4 is 34.9 Å². The number of halogens is 1. The Morgan fingerprint density at radius 2 is 2.15 bits per heavy atom. The van der Waals surface area contributed by atoms with Gasteiger partial charge in [-0.05, 0) is 6.92 Å². The molecule has 0 saturated carbocycles. The minimum atomic E-state index is -0.911. The van der Waals surface area contributed by atoms with Crippen molar-refractivity contribution < 1.29 is 19.1 Å². The zero-order valence-electron chi connectivity index (χ0n) is 11.1. The van der Waals surface area contributed by atoms with Crippen LogP contribution >= 0.6 is 22.9 Å². The van der Waals surface area contributed by atoms with Crippen molar-refractivity contribution in [3.05, 3.63) is 19.7 Å². The number of nitrogens with two attached hydrogens (primary N) is 1. The Balaban J connectivity index is 2.89. The highest BCUT2D eigenvalue weighted by Crippen LogP contribution is 2.20. The highest BCUT2D eigenvalue weighted by Gasteiger charge is 2.21. The Kier molecular flexibility index (Phi) is 6.18. The molecule has 112 valence electrons. The van der Waals surface area contributed by atoms with Gasteiger partial charge in [-0.3, -0.25) is 19.0 Å². The topological polar surface area (TPSA) is 101 Å². The van der Waals surface area contributed by atoms with Crippen molar-refractivity contribution in [1.29, 1.82) is 0 Å². The van der Waals surface area contributed by atoms with Crippen molar-refractivity contribution in [3.63, 3.8) is 0 Å². The van der Waals surface area contributed by atoms with Crippen LogP contribution in [-0.4, -0.2) is 36.3 Å². The minimum absolute atomic E-state index is 0.0707. The van der Waals surface area contributed by atoms with Gasteiger partial charge in [0, 0.05) is 11.3 Å². The summed E-state index contributed by atoms with van der Waals surface area (Å²) in [5.74, 6) is -1.16. The monoisotopic (exact) mass is 322 g/mol. The van der Waals surface area contributed by atoms with Crippen LogP contribution in [0.25, 0.3) is 0 Å². The SMILES string of the molecule is CCOC(=O)Cn1c(Cl)c(CC(N)C(=O)OC)sc1=O. The molecule has 0 aliphatic heterocycles. The molecule has 0 aliphatic carbocycles. The number of esters is 2. The number of methoxy groups -OCH3 is 1. The summed E-state index contributed by atoms with van der Waals surface area (Å²) in [6, 6.07) is -0.911. The Morgan fingerprint density at radius 1 is 1.50 bits per heavy atom. The third-order valence-electron chi connectivity index (χ3n) is 2.40. The lowest BCUT2D eigenvalue weighted by atomic mass is 10.2. The van der Waals surface area contributed by atoms with Gasteiger partial charge in [0.05, 0.1) is 13.7 Å². The normalized spacial score (nSPS) is 12.0. The third kappa shape index (κ3) is 4.06. The lowest BCUT2D eigenvalue weighted by molar-refractivity contribution is -0.144. The Morgan fingerprint density at radius 3 is 2.70 bits per heavy atom. The van der Waals surface area contributed by atoms with Crippen LogP contribution in [0.15, 0.2) is 4.79 Å². The van der Waals surface area contributed by atoms with E-state index in [-0.39, 0.29) is 24.7 Å². The number of thiazole rings is 1. The first-order valence-corrected chi connectivity index (χ1v) is 6.97. The van der Waals surface area contributed by atoms with E-state index in [0.717, 1.165) is 15.9 Å². The number of carbonyl (C=O) groups is 2. The van der Waals surface area contributed by atoms with Gasteiger partial charge in [-0.1, -0.05) is 22.9 Å². The van der Waals surface area contributed by atoms with Gasteiger partial charge in [-0.15, -0.1) is 0 Å². The van der Waals surface area contributed by atoms with Gasteiger partial charge < -0.3 is 15.2 Å². The fraction of sp³-hybridized carbons (Fsp3) is 0.545. The van der Waals surface area contributed by atoms with Crippen LogP contribution in [0, 0.1) is 0 Å². The maximum Gasteiger partial charge on any atom is 0.326 e. The second kappa shape index (κ2) is 7.41. The summed E-state index contributed by atoms with van der Waals surface area (Å²) in [5, 5.41) is 0.0902. The summed E-state index contributed by atoms with van der Waals surface area (Å²) in [4.78, 5) is 34.4. The maximum absolute atomic E-state index is 11.8. The standard InChI is InChI=1S/C11H15ClN2O5S/c1-3-19-8(15)5-14-9(12)7(20-11(14)17)4-6(13)10(16)18-2/h6H,3-5,13H2,1-2H3. The van der Waals surface area contributed by atoms with E-state index in [4.69, 9.17) is 22.1 Å². The largest absolute Gasteiger partial charge is 0.468 e. The summed E-state index contributed by atoms with van der Waals surface area (Å²) < 4.78 is 10.3. The molecule has 2 N–H and O–H groups in total. The molecule has 0 fully saturated rings. The molecule has 0 spiro atoms. The first kappa shape index (κ1) is 16.7. The number of nitrogens with zero attached hydrogens (tertiary/aromatic N) is 1. The molecule has 20 heavy (non-hydrogen) atoms. The van der Waals surface area contributed by atoms with E-state index in [1.54, 1.807) is 6.92 Å². The van der Waals surface area contributed by atoms with Crippen LogP contribution in [-0.2, 0) is 32.0 Å². The zero-order chi connectivity index (χ0) is 15.3. The molecule has 0 saturated heterocycles. The number of rotatable bonds is 6. The first-order chi connectivity index (χ1) is 9.40. The van der Waals surface area contributed by atoms with Gasteiger partial charge in [-0.2, -0.15) is 0 Å². The Bertz CT molecular complexity index is 553. The van der Waals surface area contributed by atoms with Gasteiger partial charge in [0.15, 0.2) is 0 Å². The molecule has 0 amide bonds. The smallest absolute Gasteiger partial charge is 0.326 e. The summed E-state index contributed by atoms with van der Waals surface area (Å²) in [6.45, 7) is 1.61. The van der Waals surface area contributed by atoms with Gasteiger partial charge in [0.25, 0.3) is 0 Å². The first-order valence-electron chi connectivity index (χ1n) is 5.77. The molecule has 9 heteroatoms. The van der Waals surface area contributed by atoms with Crippen molar-refractivity contribution in [2.45, 2.75) is 25.9 Å². The second-order valence-electron chi connectivity index (χ2n) is 3.81. The van der Waals surface area contributed by atoms with Gasteiger partial charge in [0.1, 0.15) is 17.7 Å². The van der Waals surface area contributed by atoms with Gasteiger partial charge in [-0.25, -0.2) is 0 Å². The average molecular weight is 323 g/mol. The molecule has 0 aromatic carbocycles. The van der Waals surface area contributed by atoms with E-state index in [0.29, 0.717) is 4.88 Å². The number of hydrogen-bond acceptors (Lipinski definition) is 7. The van der Waals surface area contributed by atoms with Gasteiger partial charge in [0.2, 0.25) is 0 Å². The van der Waals surface area contributed by atoms with Crippen LogP contribution < -0.4 is 10.6 Å². The van der Waals surface area contributed by atoms with Crippen LogP contribution in [0.1, 0.15) is 11.8 Å². The molecule has 1 heterocycles. The van der Waals surface area contributed by atoms with Crippen LogP contribution in [0.2, 0.25) is 5.15 Å². The van der Waals surface area contributed by atoms with E-state index in [9.17, 15) is 14.4 Å². The summed E-state index contributed by atoms with van der Waals surface area (Å²) >= 11 is 6.86. The fourth-order valence-corrected chi connectivity index (χ4v) is 2.78. The summed E-state index contributed by atoms with van der Waals surface area (Å²) in [6.07, 6.45) is 0.0707. The van der Waals surface area contributed by atoms with Crippen molar-refractivity contribution in [1.82, 2.24) is 4.57 Å². The lowest BCUT2D eigenvalue weighted by Crippen LogP contribution is -2.33. The van der Waals surface area contributed by atoms with Crippen molar-refractivity contribution in [3.8, 4) is 0 Å². The minimum Gasteiger partial charge on any atom is -0.468 e. The van der Waals surface area contributed by atoms with E-state index in [1.165, 1.54) is 7.11 Å². The molecular formula is C11H15ClN2O5S. The highest BCUT2D eigenvalue weighted by molar-refractivity contribution is 7.09. The quantitative estimate of drug-likeness (QED) is 0.749. The lowest BCUT2D eigenvalue weighted by Gasteiger charge is -2.08. The van der Waals surface area contributed by atoms with E-state index in [2.05, 4.69) is 4.74 Å². The number of hydrogen-bond donors (Lipinski definition) is 1. The zero-order valence-corrected chi connectivity index (χ0v) is 12.6. The predicted molar refractivity (Wildman–Crippen MR) is 73.9 cm³/mol. The number of ether oxygens (including phenoxy) is 2. The molecule has 0 bridgehead atoms. The summed E-state index contributed by atoms with van der Waals surface area (Å²) in [7, 11) is 1.22. The molecule has 0 radical (unpaired) electrons. The molecule has 7 nitrogen and oxygen atoms in total. The Labute approximate surface area is 124 Å². The highest BCUT2D eigenvalue weighted by atomic mass is 35.5. The average Bonchev–Trinajstić information content (AvgIpc) is 2.65. The van der Waals surface area contributed by atoms with Crippen molar-refractivity contribution in [2.24, 2.45) is 5.73 Å². The fourth-order valence-electron chi connectivity index (χ4n) is 1.46. The van der Waals surface area contributed by atoms with Crippen LogP contribution in [0.5, 0.6) is 0 Å². The summed E-state index contributed by atoms with van der Waals surface area (Å²) in [5.41, 5.74) is 5.61. The number of aromatic nitrogens is 1. The Hall–Kier alpha value is -1.38. The molecule has 0 aliphatic rings. The third-order valence-corrected chi connectivity index (χ3v) is 3.95. The molecule has 1 aromatic heterocycles. The van der Waals surface area contributed by atoms with Crippen LogP contribution in [0.4, 0.5) is 0 Å². The molecule has 1 aromatic rings. The van der Waals surface area contributed by atoms with E-state index in [1.807, 2.05) is 0 Å². The molecule has 1 rings (SSSR count). The predicted octanol–water partition coefficient (Wildman–Crippen LogP) is 0.169. The second-order valence-corrected chi connectivity index (χ2v) is 5.21. The van der Waals surface area contributed by atoms with E-state index < -0.39 is 22.9 Å².